The molecule has 1 saturated heterocycles. The first-order chi connectivity index (χ1) is 6.27. The van der Waals surface area contributed by atoms with Gasteiger partial charge < -0.3 is 4.90 Å². The SMILES string of the molecule is CC1CCN(C(=O)c2ccn[nH]2)C1. The van der Waals surface area contributed by atoms with Crippen molar-refractivity contribution in [3.63, 3.8) is 0 Å². The van der Waals surface area contributed by atoms with Crippen molar-refractivity contribution in [3.05, 3.63) is 18.0 Å². The molecule has 0 bridgehead atoms. The fourth-order valence-electron chi connectivity index (χ4n) is 1.66. The number of hydrogen-bond donors (Lipinski definition) is 1. The second kappa shape index (κ2) is 3.20. The molecule has 1 aromatic heterocycles. The minimum Gasteiger partial charge on any atom is -0.337 e. The zero-order valence-corrected chi connectivity index (χ0v) is 7.66. The van der Waals surface area contributed by atoms with Crippen LogP contribution in [0.4, 0.5) is 0 Å². The molecule has 1 atom stereocenters. The summed E-state index contributed by atoms with van der Waals surface area (Å²) in [7, 11) is 0. The van der Waals surface area contributed by atoms with E-state index in [4.69, 9.17) is 0 Å². The molecule has 0 saturated carbocycles. The summed E-state index contributed by atoms with van der Waals surface area (Å²) in [4.78, 5) is 13.6. The van der Waals surface area contributed by atoms with Crippen LogP contribution in [0.2, 0.25) is 0 Å². The van der Waals surface area contributed by atoms with Crippen LogP contribution in [0.5, 0.6) is 0 Å². The molecule has 2 heterocycles. The van der Waals surface area contributed by atoms with Crippen LogP contribution in [0.1, 0.15) is 23.8 Å². The van der Waals surface area contributed by atoms with Crippen molar-refractivity contribution in [1.82, 2.24) is 15.1 Å². The minimum atomic E-state index is 0.0712. The van der Waals surface area contributed by atoms with Gasteiger partial charge in [-0.2, -0.15) is 5.10 Å². The Hall–Kier alpha value is -1.32. The second-order valence-electron chi connectivity index (χ2n) is 3.62. The highest BCUT2D eigenvalue weighted by Gasteiger charge is 2.24. The smallest absolute Gasteiger partial charge is 0.271 e. The van der Waals surface area contributed by atoms with Gasteiger partial charge in [0.15, 0.2) is 0 Å². The van der Waals surface area contributed by atoms with Gasteiger partial charge in [0.05, 0.1) is 0 Å². The molecule has 1 aliphatic heterocycles. The van der Waals surface area contributed by atoms with Gasteiger partial charge in [0.25, 0.3) is 5.91 Å². The van der Waals surface area contributed by atoms with Gasteiger partial charge in [0.2, 0.25) is 0 Å². The molecule has 1 N–H and O–H groups in total. The lowest BCUT2D eigenvalue weighted by Crippen LogP contribution is -2.28. The lowest BCUT2D eigenvalue weighted by molar-refractivity contribution is 0.0782. The molecule has 1 amide bonds. The summed E-state index contributed by atoms with van der Waals surface area (Å²) >= 11 is 0. The molecule has 70 valence electrons. The molecule has 1 fully saturated rings. The normalized spacial score (nSPS) is 22.2. The predicted octanol–water partition coefficient (Wildman–Crippen LogP) is 0.892. The van der Waals surface area contributed by atoms with Gasteiger partial charge >= 0.3 is 0 Å². The van der Waals surface area contributed by atoms with Gasteiger partial charge in [-0.1, -0.05) is 6.92 Å². The van der Waals surface area contributed by atoms with Crippen molar-refractivity contribution in [2.45, 2.75) is 13.3 Å². The van der Waals surface area contributed by atoms with E-state index in [1.54, 1.807) is 12.3 Å². The van der Waals surface area contributed by atoms with E-state index in [1.165, 1.54) is 0 Å². The van der Waals surface area contributed by atoms with E-state index >= 15 is 0 Å². The Morgan fingerprint density at radius 3 is 3.15 bits per heavy atom. The average molecular weight is 179 g/mol. The second-order valence-corrected chi connectivity index (χ2v) is 3.62. The van der Waals surface area contributed by atoms with Crippen molar-refractivity contribution >= 4 is 5.91 Å². The van der Waals surface area contributed by atoms with E-state index in [1.807, 2.05) is 4.90 Å². The van der Waals surface area contributed by atoms with Crippen LogP contribution in [0.3, 0.4) is 0 Å². The number of hydrogen-bond acceptors (Lipinski definition) is 2. The minimum absolute atomic E-state index is 0.0712. The van der Waals surface area contributed by atoms with Crippen LogP contribution in [-0.4, -0.2) is 34.1 Å². The monoisotopic (exact) mass is 179 g/mol. The molecular formula is C9H13N3O. The molecule has 1 aromatic rings. The maximum absolute atomic E-state index is 11.7. The van der Waals surface area contributed by atoms with Crippen molar-refractivity contribution in [3.8, 4) is 0 Å². The Bertz CT molecular complexity index is 294. The number of aromatic nitrogens is 2. The molecule has 4 heteroatoms. The Labute approximate surface area is 76.9 Å². The van der Waals surface area contributed by atoms with Gasteiger partial charge in [-0.05, 0) is 18.4 Å². The van der Waals surface area contributed by atoms with Crippen molar-refractivity contribution in [1.29, 1.82) is 0 Å². The van der Waals surface area contributed by atoms with Crippen LogP contribution in [0.15, 0.2) is 12.3 Å². The molecular weight excluding hydrogens is 166 g/mol. The summed E-state index contributed by atoms with van der Waals surface area (Å²) in [6.45, 7) is 3.91. The standard InChI is InChI=1S/C9H13N3O/c1-7-3-5-12(6-7)9(13)8-2-4-10-11-8/h2,4,7H,3,5-6H2,1H3,(H,10,11). The third-order valence-corrected chi connectivity index (χ3v) is 2.44. The molecule has 1 unspecified atom stereocenters. The number of carbonyl (C=O) groups excluding carboxylic acids is 1. The summed E-state index contributed by atoms with van der Waals surface area (Å²) in [5.74, 6) is 0.703. The van der Waals surface area contributed by atoms with E-state index in [0.29, 0.717) is 11.6 Å². The van der Waals surface area contributed by atoms with Gasteiger partial charge in [-0.3, -0.25) is 9.89 Å². The molecule has 4 nitrogen and oxygen atoms in total. The zero-order chi connectivity index (χ0) is 9.26. The Kier molecular flexibility index (Phi) is 2.04. The molecule has 0 aromatic carbocycles. The maximum atomic E-state index is 11.7. The summed E-state index contributed by atoms with van der Waals surface area (Å²) in [5, 5.41) is 6.45. The summed E-state index contributed by atoms with van der Waals surface area (Å²) in [5.41, 5.74) is 0.592. The lowest BCUT2D eigenvalue weighted by Gasteiger charge is -2.13. The first kappa shape index (κ1) is 8.29. The molecule has 2 rings (SSSR count). The number of nitrogens with one attached hydrogen (secondary N) is 1. The average Bonchev–Trinajstić information content (AvgIpc) is 2.72. The van der Waals surface area contributed by atoms with Crippen LogP contribution in [0, 0.1) is 5.92 Å². The van der Waals surface area contributed by atoms with Gasteiger partial charge in [0.1, 0.15) is 5.69 Å². The highest BCUT2D eigenvalue weighted by Crippen LogP contribution is 2.16. The van der Waals surface area contributed by atoms with E-state index in [9.17, 15) is 4.79 Å². The Morgan fingerprint density at radius 2 is 2.62 bits per heavy atom. The summed E-state index contributed by atoms with van der Waals surface area (Å²) < 4.78 is 0. The van der Waals surface area contributed by atoms with Crippen LogP contribution in [0.25, 0.3) is 0 Å². The fraction of sp³-hybridized carbons (Fsp3) is 0.556. The number of aromatic amines is 1. The molecule has 1 aliphatic rings. The highest BCUT2D eigenvalue weighted by atomic mass is 16.2. The van der Waals surface area contributed by atoms with E-state index in [2.05, 4.69) is 17.1 Å². The third kappa shape index (κ3) is 1.56. The molecule has 0 aliphatic carbocycles. The van der Waals surface area contributed by atoms with Crippen LogP contribution < -0.4 is 0 Å². The molecule has 13 heavy (non-hydrogen) atoms. The van der Waals surface area contributed by atoms with Crippen molar-refractivity contribution in [2.75, 3.05) is 13.1 Å². The zero-order valence-electron chi connectivity index (χ0n) is 7.66. The number of rotatable bonds is 1. The quantitative estimate of drug-likeness (QED) is 0.696. The number of amides is 1. The number of carbonyl (C=O) groups is 1. The fourth-order valence-corrected chi connectivity index (χ4v) is 1.66. The van der Waals surface area contributed by atoms with Crippen LogP contribution in [-0.2, 0) is 0 Å². The Balaban J connectivity index is 2.06. The predicted molar refractivity (Wildman–Crippen MR) is 48.3 cm³/mol. The van der Waals surface area contributed by atoms with Gasteiger partial charge in [-0.15, -0.1) is 0 Å². The van der Waals surface area contributed by atoms with Crippen LogP contribution >= 0.6 is 0 Å². The van der Waals surface area contributed by atoms with Gasteiger partial charge in [0, 0.05) is 19.3 Å². The number of likely N-dealkylation sites (tertiary alicyclic amines) is 1. The molecule has 0 radical (unpaired) electrons. The highest BCUT2D eigenvalue weighted by molar-refractivity contribution is 5.92. The van der Waals surface area contributed by atoms with Crippen molar-refractivity contribution < 1.29 is 4.79 Å². The Morgan fingerprint density at radius 1 is 1.77 bits per heavy atom. The van der Waals surface area contributed by atoms with E-state index < -0.39 is 0 Å². The van der Waals surface area contributed by atoms with E-state index in [-0.39, 0.29) is 5.91 Å². The summed E-state index contributed by atoms with van der Waals surface area (Å²) in [6.07, 6.45) is 2.71. The van der Waals surface area contributed by atoms with Crippen molar-refractivity contribution in [2.24, 2.45) is 5.92 Å². The summed E-state index contributed by atoms with van der Waals surface area (Å²) in [6, 6.07) is 1.71. The number of nitrogens with zero attached hydrogens (tertiary/aromatic N) is 2. The first-order valence-electron chi connectivity index (χ1n) is 4.56. The lowest BCUT2D eigenvalue weighted by atomic mass is 10.2. The third-order valence-electron chi connectivity index (χ3n) is 2.44. The topological polar surface area (TPSA) is 49.0 Å². The largest absolute Gasteiger partial charge is 0.337 e. The first-order valence-corrected chi connectivity index (χ1v) is 4.56. The van der Waals surface area contributed by atoms with E-state index in [0.717, 1.165) is 19.5 Å². The molecule has 0 spiro atoms. The maximum Gasteiger partial charge on any atom is 0.271 e. The van der Waals surface area contributed by atoms with Gasteiger partial charge in [-0.25, -0.2) is 0 Å². The number of H-pyrrole nitrogens is 1.